The van der Waals surface area contributed by atoms with Crippen molar-refractivity contribution in [3.63, 3.8) is 0 Å². The van der Waals surface area contributed by atoms with Crippen LogP contribution in [0.5, 0.6) is 0 Å². The molecule has 21 heavy (non-hydrogen) atoms. The second kappa shape index (κ2) is 5.88. The van der Waals surface area contributed by atoms with Crippen LogP contribution in [0.3, 0.4) is 0 Å². The van der Waals surface area contributed by atoms with E-state index in [0.29, 0.717) is 5.92 Å². The van der Waals surface area contributed by atoms with E-state index < -0.39 is 0 Å². The molecular formula is C19H24N2. The summed E-state index contributed by atoms with van der Waals surface area (Å²) in [6.45, 7) is 7.77. The molecule has 0 bridgehead atoms. The smallest absolute Gasteiger partial charge is 0.0522 e. The highest BCUT2D eigenvalue weighted by Gasteiger charge is 2.13. The summed E-state index contributed by atoms with van der Waals surface area (Å²) in [6, 6.07) is 9.15. The molecule has 3 aromatic rings. The van der Waals surface area contributed by atoms with Crippen LogP contribution in [0.2, 0.25) is 0 Å². The highest BCUT2D eigenvalue weighted by atomic mass is 15.0. The minimum atomic E-state index is 0.677. The molecule has 0 N–H and O–H groups in total. The number of fused-ring (bicyclic) bond motifs is 3. The number of hydrogen-bond acceptors (Lipinski definition) is 1. The van der Waals surface area contributed by atoms with Crippen LogP contribution in [0.1, 0.15) is 51.5 Å². The number of aromatic nitrogens is 2. The quantitative estimate of drug-likeness (QED) is 0.603. The van der Waals surface area contributed by atoms with Crippen LogP contribution in [0.4, 0.5) is 0 Å². The van der Waals surface area contributed by atoms with Crippen LogP contribution in [-0.4, -0.2) is 9.55 Å². The highest BCUT2D eigenvalue weighted by Crippen LogP contribution is 2.33. The number of hydrogen-bond donors (Lipinski definition) is 0. The lowest BCUT2D eigenvalue weighted by Crippen LogP contribution is -1.97. The number of aryl methyl sites for hydroxylation is 1. The summed E-state index contributed by atoms with van der Waals surface area (Å²) < 4.78 is 2.39. The monoisotopic (exact) mass is 280 g/mol. The maximum absolute atomic E-state index is 4.33. The maximum Gasteiger partial charge on any atom is 0.0522 e. The van der Waals surface area contributed by atoms with E-state index in [1.165, 1.54) is 46.6 Å². The molecule has 0 aliphatic carbocycles. The van der Waals surface area contributed by atoms with E-state index in [4.69, 9.17) is 0 Å². The molecule has 0 spiro atoms. The van der Waals surface area contributed by atoms with Crippen LogP contribution in [-0.2, 0) is 6.54 Å². The van der Waals surface area contributed by atoms with Crippen molar-refractivity contribution in [3.8, 4) is 0 Å². The minimum absolute atomic E-state index is 0.677. The summed E-state index contributed by atoms with van der Waals surface area (Å²) in [5.41, 5.74) is 4.10. The Morgan fingerprint density at radius 2 is 1.86 bits per heavy atom. The molecule has 1 unspecified atom stereocenters. The fourth-order valence-electron chi connectivity index (χ4n) is 3.51. The first-order valence-corrected chi connectivity index (χ1v) is 8.16. The van der Waals surface area contributed by atoms with Gasteiger partial charge in [-0.15, -0.1) is 0 Å². The Morgan fingerprint density at radius 1 is 1.05 bits per heavy atom. The summed E-state index contributed by atoms with van der Waals surface area (Å²) in [4.78, 5) is 4.33. The van der Waals surface area contributed by atoms with Crippen LogP contribution < -0.4 is 0 Å². The van der Waals surface area contributed by atoms with E-state index in [1.54, 1.807) is 0 Å². The fraction of sp³-hybridized carbons (Fsp3) is 0.421. The Morgan fingerprint density at radius 3 is 2.57 bits per heavy atom. The molecule has 2 heterocycles. The van der Waals surface area contributed by atoms with E-state index in [1.807, 2.05) is 12.4 Å². The average Bonchev–Trinajstić information content (AvgIpc) is 2.85. The predicted molar refractivity (Wildman–Crippen MR) is 90.9 cm³/mol. The van der Waals surface area contributed by atoms with Gasteiger partial charge in [-0.2, -0.15) is 0 Å². The molecule has 0 fully saturated rings. The largest absolute Gasteiger partial charge is 0.341 e. The molecule has 0 radical (unpaired) electrons. The van der Waals surface area contributed by atoms with Crippen molar-refractivity contribution in [2.45, 2.75) is 52.5 Å². The topological polar surface area (TPSA) is 17.8 Å². The van der Waals surface area contributed by atoms with E-state index in [9.17, 15) is 0 Å². The molecule has 0 amide bonds. The van der Waals surface area contributed by atoms with Gasteiger partial charge in [-0.25, -0.2) is 0 Å². The predicted octanol–water partition coefficient (Wildman–Crippen LogP) is 5.50. The Hall–Kier alpha value is -1.83. The maximum atomic E-state index is 4.33. The molecule has 1 aromatic carbocycles. The molecule has 0 saturated heterocycles. The van der Waals surface area contributed by atoms with Gasteiger partial charge in [0.25, 0.3) is 0 Å². The molecule has 3 rings (SSSR count). The Labute approximate surface area is 126 Å². The van der Waals surface area contributed by atoms with E-state index >= 15 is 0 Å². The summed E-state index contributed by atoms with van der Waals surface area (Å²) in [5.74, 6) is 0.677. The van der Waals surface area contributed by atoms with Crippen LogP contribution >= 0.6 is 0 Å². The molecule has 0 aliphatic rings. The van der Waals surface area contributed by atoms with Crippen molar-refractivity contribution in [3.05, 3.63) is 42.2 Å². The molecular weight excluding hydrogens is 256 g/mol. The zero-order valence-corrected chi connectivity index (χ0v) is 13.3. The van der Waals surface area contributed by atoms with Crippen molar-refractivity contribution in [2.75, 3.05) is 0 Å². The van der Waals surface area contributed by atoms with Gasteiger partial charge in [0.05, 0.1) is 5.52 Å². The summed E-state index contributed by atoms with van der Waals surface area (Å²) in [6.07, 6.45) is 7.63. The molecule has 2 heteroatoms. The minimum Gasteiger partial charge on any atom is -0.341 e. The van der Waals surface area contributed by atoms with Crippen molar-refractivity contribution in [1.82, 2.24) is 9.55 Å². The van der Waals surface area contributed by atoms with Gasteiger partial charge in [0.1, 0.15) is 0 Å². The second-order valence-corrected chi connectivity index (χ2v) is 5.81. The van der Waals surface area contributed by atoms with Crippen molar-refractivity contribution >= 4 is 21.8 Å². The van der Waals surface area contributed by atoms with Gasteiger partial charge in [0.15, 0.2) is 0 Å². The first kappa shape index (κ1) is 14.1. The first-order valence-electron chi connectivity index (χ1n) is 8.16. The molecule has 0 aliphatic heterocycles. The van der Waals surface area contributed by atoms with Crippen molar-refractivity contribution in [1.29, 1.82) is 0 Å². The number of nitrogens with zero attached hydrogens (tertiary/aromatic N) is 2. The summed E-state index contributed by atoms with van der Waals surface area (Å²) in [7, 11) is 0. The van der Waals surface area contributed by atoms with Gasteiger partial charge in [0.2, 0.25) is 0 Å². The lowest BCUT2D eigenvalue weighted by atomic mass is 9.91. The number of benzene rings is 1. The lowest BCUT2D eigenvalue weighted by molar-refractivity contribution is 0.596. The second-order valence-electron chi connectivity index (χ2n) is 5.81. The third-order valence-corrected chi connectivity index (χ3v) is 4.61. The summed E-state index contributed by atoms with van der Waals surface area (Å²) in [5, 5.41) is 2.63. The lowest BCUT2D eigenvalue weighted by Gasteiger charge is -2.14. The van der Waals surface area contributed by atoms with Crippen molar-refractivity contribution in [2.24, 2.45) is 0 Å². The Kier molecular flexibility index (Phi) is 3.96. The Bertz CT molecular complexity index is 755. The number of rotatable bonds is 5. The zero-order chi connectivity index (χ0) is 14.8. The van der Waals surface area contributed by atoms with Gasteiger partial charge < -0.3 is 4.57 Å². The fourth-order valence-corrected chi connectivity index (χ4v) is 3.51. The van der Waals surface area contributed by atoms with Crippen molar-refractivity contribution < 1.29 is 0 Å². The van der Waals surface area contributed by atoms with Crippen LogP contribution in [0, 0.1) is 0 Å². The molecule has 1 atom stereocenters. The van der Waals surface area contributed by atoms with Crippen LogP contribution in [0.25, 0.3) is 21.8 Å². The van der Waals surface area contributed by atoms with Gasteiger partial charge in [-0.1, -0.05) is 26.3 Å². The molecule has 2 nitrogen and oxygen atoms in total. The third-order valence-electron chi connectivity index (χ3n) is 4.61. The van der Waals surface area contributed by atoms with E-state index in [2.05, 4.69) is 54.6 Å². The molecule has 0 saturated carbocycles. The standard InChI is InChI=1S/C19H24N2/c1-4-7-14(5-2)15-8-9-18-16(12-15)17-13-20-11-10-19(17)21(18)6-3/h8-14H,4-7H2,1-3H3. The van der Waals surface area contributed by atoms with E-state index in [-0.39, 0.29) is 0 Å². The normalized spacial score (nSPS) is 13.1. The molecule has 2 aromatic heterocycles. The first-order chi connectivity index (χ1) is 10.3. The van der Waals surface area contributed by atoms with Gasteiger partial charge in [0, 0.05) is 35.2 Å². The van der Waals surface area contributed by atoms with Crippen LogP contribution in [0.15, 0.2) is 36.7 Å². The SMILES string of the molecule is CCCC(CC)c1ccc2c(c1)c1cnccc1n2CC. The number of pyridine rings is 1. The highest BCUT2D eigenvalue weighted by molar-refractivity contribution is 6.07. The van der Waals surface area contributed by atoms with Gasteiger partial charge >= 0.3 is 0 Å². The zero-order valence-electron chi connectivity index (χ0n) is 13.3. The Balaban J connectivity index is 2.23. The third kappa shape index (κ3) is 2.33. The average molecular weight is 280 g/mol. The molecule has 110 valence electrons. The summed E-state index contributed by atoms with van der Waals surface area (Å²) >= 11 is 0. The van der Waals surface area contributed by atoms with E-state index in [0.717, 1.165) is 6.54 Å². The van der Waals surface area contributed by atoms with Gasteiger partial charge in [-0.3, -0.25) is 4.98 Å². The van der Waals surface area contributed by atoms with Gasteiger partial charge in [-0.05, 0) is 49.4 Å².